The van der Waals surface area contributed by atoms with E-state index in [2.05, 4.69) is 10.4 Å². The van der Waals surface area contributed by atoms with Crippen LogP contribution in [0, 0.1) is 0 Å². The topological polar surface area (TPSA) is 207 Å². The average Bonchev–Trinajstić information content (AvgIpc) is 2.58. The molecule has 1 heterocycles. The minimum Gasteiger partial charge on any atom is -0.394 e. The lowest BCUT2D eigenvalue weighted by atomic mass is 9.99. The van der Waals surface area contributed by atoms with Crippen molar-refractivity contribution in [2.75, 3.05) is 13.2 Å². The van der Waals surface area contributed by atoms with Crippen LogP contribution in [0.1, 0.15) is 6.92 Å². The summed E-state index contributed by atoms with van der Waals surface area (Å²) in [6, 6.07) is -1.13. The van der Waals surface area contributed by atoms with E-state index in [-0.39, 0.29) is 0 Å². The van der Waals surface area contributed by atoms with Crippen molar-refractivity contribution in [1.29, 1.82) is 0 Å². The molecule has 9 N–H and O–H groups in total. The summed E-state index contributed by atoms with van der Waals surface area (Å²) in [5.41, 5.74) is 0. The summed E-state index contributed by atoms with van der Waals surface area (Å²) >= 11 is 0. The predicted molar refractivity (Wildman–Crippen MR) is 82.0 cm³/mol. The number of aliphatic hydroxyl groups is 6. The highest BCUT2D eigenvalue weighted by molar-refractivity contribution is 5.73. The number of hydrogen-bond donors (Lipinski definition) is 8. The van der Waals surface area contributed by atoms with Crippen molar-refractivity contribution < 1.29 is 44.9 Å². The van der Waals surface area contributed by atoms with E-state index in [1.54, 1.807) is 0 Å². The Morgan fingerprint density at radius 2 is 1.96 bits per heavy atom. The van der Waals surface area contributed by atoms with Crippen molar-refractivity contribution >= 4 is 12.1 Å². The standard InChI is InChI=1S/C13H25N3O9/c1-5(19)16-6(3-17)9(20)7(2-15-14)24-13-12(23)11(22)10(21)8(4-18)25-13/h2,6-13,17-18,20-23H,3-4,14H2,1H3,(H,16,19)/b15-2+/t6-,7+,8+,9+,10-,11-,12+,13+/m0/s1. The molecule has 0 bridgehead atoms. The van der Waals surface area contributed by atoms with E-state index >= 15 is 0 Å². The smallest absolute Gasteiger partial charge is 0.217 e. The van der Waals surface area contributed by atoms with Crippen LogP contribution >= 0.6 is 0 Å². The first kappa shape index (κ1) is 21.7. The van der Waals surface area contributed by atoms with E-state index in [1.165, 1.54) is 6.92 Å². The van der Waals surface area contributed by atoms with Crippen molar-refractivity contribution in [1.82, 2.24) is 5.32 Å². The lowest BCUT2D eigenvalue weighted by Crippen LogP contribution is -2.61. The molecule has 0 radical (unpaired) electrons. The Morgan fingerprint density at radius 1 is 1.32 bits per heavy atom. The van der Waals surface area contributed by atoms with Crippen molar-refractivity contribution in [3.63, 3.8) is 0 Å². The molecule has 0 aromatic rings. The molecule has 1 fully saturated rings. The monoisotopic (exact) mass is 367 g/mol. The minimum atomic E-state index is -1.70. The Morgan fingerprint density at radius 3 is 2.44 bits per heavy atom. The molecule has 0 aromatic carbocycles. The zero-order valence-corrected chi connectivity index (χ0v) is 13.5. The molecule has 0 aromatic heterocycles. The highest BCUT2D eigenvalue weighted by Crippen LogP contribution is 2.23. The number of nitrogens with two attached hydrogens (primary N) is 1. The van der Waals surface area contributed by atoms with E-state index in [4.69, 9.17) is 20.4 Å². The third-order valence-corrected chi connectivity index (χ3v) is 3.71. The Hall–Kier alpha value is -1.38. The van der Waals surface area contributed by atoms with Crippen LogP contribution in [-0.4, -0.2) is 105 Å². The molecule has 146 valence electrons. The van der Waals surface area contributed by atoms with Crippen LogP contribution in [0.15, 0.2) is 5.10 Å². The molecule has 1 rings (SSSR count). The number of carbonyl (C=O) groups excluding carboxylic acids is 1. The molecule has 12 heteroatoms. The number of nitrogens with one attached hydrogen (secondary N) is 1. The summed E-state index contributed by atoms with van der Waals surface area (Å²) in [6.45, 7) is -0.109. The zero-order valence-electron chi connectivity index (χ0n) is 13.5. The summed E-state index contributed by atoms with van der Waals surface area (Å²) in [4.78, 5) is 11.1. The van der Waals surface area contributed by atoms with Gasteiger partial charge in [0.05, 0.1) is 25.5 Å². The van der Waals surface area contributed by atoms with Crippen molar-refractivity contribution in [2.45, 2.75) is 55.9 Å². The van der Waals surface area contributed by atoms with Gasteiger partial charge in [0.2, 0.25) is 5.91 Å². The van der Waals surface area contributed by atoms with Crippen LogP contribution in [0.5, 0.6) is 0 Å². The number of hydrazone groups is 1. The van der Waals surface area contributed by atoms with Crippen LogP contribution in [0.25, 0.3) is 0 Å². The van der Waals surface area contributed by atoms with Gasteiger partial charge in [0.1, 0.15) is 36.6 Å². The van der Waals surface area contributed by atoms with Crippen molar-refractivity contribution in [3.05, 3.63) is 0 Å². The van der Waals surface area contributed by atoms with Gasteiger partial charge < -0.3 is 51.3 Å². The Bertz CT molecular complexity index is 450. The Kier molecular flexibility index (Phi) is 8.61. The maximum Gasteiger partial charge on any atom is 0.217 e. The lowest BCUT2D eigenvalue weighted by molar-refractivity contribution is -0.310. The van der Waals surface area contributed by atoms with E-state index < -0.39 is 68.1 Å². The molecule has 0 aliphatic carbocycles. The fraction of sp³-hybridized carbons (Fsp3) is 0.846. The highest BCUT2D eigenvalue weighted by Gasteiger charge is 2.45. The van der Waals surface area contributed by atoms with Crippen molar-refractivity contribution in [3.8, 4) is 0 Å². The minimum absolute atomic E-state index is 0.519. The van der Waals surface area contributed by atoms with Crippen LogP contribution in [0.3, 0.4) is 0 Å². The van der Waals surface area contributed by atoms with Gasteiger partial charge in [0, 0.05) is 6.92 Å². The van der Waals surface area contributed by atoms with Gasteiger partial charge in [-0.15, -0.1) is 0 Å². The summed E-state index contributed by atoms with van der Waals surface area (Å²) in [5.74, 6) is 4.53. The second-order valence-electron chi connectivity index (χ2n) is 5.58. The largest absolute Gasteiger partial charge is 0.394 e. The molecule has 1 saturated heterocycles. The summed E-state index contributed by atoms with van der Waals surface area (Å²) in [5, 5.41) is 63.6. The van der Waals surface area contributed by atoms with Gasteiger partial charge in [-0.2, -0.15) is 5.10 Å². The number of amides is 1. The number of ether oxygens (including phenoxy) is 2. The first-order chi connectivity index (χ1) is 11.8. The molecule has 1 aliphatic rings. The quantitative estimate of drug-likeness (QED) is 0.116. The van der Waals surface area contributed by atoms with Gasteiger partial charge in [-0.1, -0.05) is 0 Å². The maximum atomic E-state index is 11.1. The molecule has 0 spiro atoms. The van der Waals surface area contributed by atoms with Crippen molar-refractivity contribution in [2.24, 2.45) is 10.9 Å². The lowest BCUT2D eigenvalue weighted by Gasteiger charge is -2.41. The average molecular weight is 367 g/mol. The number of carbonyl (C=O) groups is 1. The third-order valence-electron chi connectivity index (χ3n) is 3.71. The molecule has 1 aliphatic heterocycles. The summed E-state index contributed by atoms with van der Waals surface area (Å²) < 4.78 is 10.5. The fourth-order valence-corrected chi connectivity index (χ4v) is 2.35. The van der Waals surface area contributed by atoms with Gasteiger partial charge in [0.25, 0.3) is 0 Å². The van der Waals surface area contributed by atoms with Crippen LogP contribution in [-0.2, 0) is 14.3 Å². The van der Waals surface area contributed by atoms with E-state index in [0.717, 1.165) is 6.21 Å². The number of hydrogen-bond acceptors (Lipinski definition) is 11. The van der Waals surface area contributed by atoms with Gasteiger partial charge in [-0.25, -0.2) is 0 Å². The predicted octanol–water partition coefficient (Wildman–Crippen LogP) is -5.03. The normalized spacial score (nSPS) is 33.8. The summed E-state index contributed by atoms with van der Waals surface area (Å²) in [7, 11) is 0. The first-order valence-corrected chi connectivity index (χ1v) is 7.52. The molecule has 12 nitrogen and oxygen atoms in total. The Balaban J connectivity index is 2.90. The molecular formula is C13H25N3O9. The van der Waals surface area contributed by atoms with Gasteiger partial charge >= 0.3 is 0 Å². The van der Waals surface area contributed by atoms with E-state index in [9.17, 15) is 30.3 Å². The second-order valence-corrected chi connectivity index (χ2v) is 5.58. The number of rotatable bonds is 8. The van der Waals surface area contributed by atoms with E-state index in [1.807, 2.05) is 0 Å². The van der Waals surface area contributed by atoms with Crippen LogP contribution < -0.4 is 11.2 Å². The second kappa shape index (κ2) is 9.94. The molecule has 25 heavy (non-hydrogen) atoms. The summed E-state index contributed by atoms with van der Waals surface area (Å²) in [6.07, 6.45) is -9.65. The zero-order chi connectivity index (χ0) is 19.1. The molecule has 8 atom stereocenters. The van der Waals surface area contributed by atoms with Gasteiger partial charge in [-0.05, 0) is 0 Å². The first-order valence-electron chi connectivity index (χ1n) is 7.52. The van der Waals surface area contributed by atoms with Crippen LogP contribution in [0.4, 0.5) is 0 Å². The van der Waals surface area contributed by atoms with Crippen LogP contribution in [0.2, 0.25) is 0 Å². The Labute approximate surface area is 143 Å². The van der Waals surface area contributed by atoms with Gasteiger partial charge in [-0.3, -0.25) is 4.79 Å². The maximum absolute atomic E-state index is 11.1. The SMILES string of the molecule is CC(=O)N[C@@H](CO)[C@@H](O)[C@@H](/C=N/N)O[C@@H]1O[C@H](CO)[C@H](O)[C@H](O)[C@H]1O. The highest BCUT2D eigenvalue weighted by atomic mass is 16.7. The van der Waals surface area contributed by atoms with Gasteiger partial charge in [0.15, 0.2) is 6.29 Å². The number of nitrogens with zero attached hydrogens (tertiary/aromatic N) is 1. The fourth-order valence-electron chi connectivity index (χ4n) is 2.35. The molecular weight excluding hydrogens is 342 g/mol. The number of aliphatic hydroxyl groups excluding tert-OH is 6. The van der Waals surface area contributed by atoms with E-state index in [0.29, 0.717) is 0 Å². The molecule has 0 saturated carbocycles. The molecule has 0 unspecified atom stereocenters. The molecule has 1 amide bonds. The third kappa shape index (κ3) is 5.55.